The predicted molar refractivity (Wildman–Crippen MR) is 104 cm³/mol. The Kier molecular flexibility index (Phi) is 5.71. The Hall–Kier alpha value is -2.93. The van der Waals surface area contributed by atoms with Crippen LogP contribution in [0, 0.1) is 0 Å². The Labute approximate surface area is 164 Å². The fourth-order valence-electron chi connectivity index (χ4n) is 2.40. The van der Waals surface area contributed by atoms with Gasteiger partial charge in [-0.2, -0.15) is 0 Å². The van der Waals surface area contributed by atoms with Crippen molar-refractivity contribution in [2.75, 3.05) is 6.61 Å². The van der Waals surface area contributed by atoms with Gasteiger partial charge in [0.2, 0.25) is 5.90 Å². The second-order valence-corrected chi connectivity index (χ2v) is 6.49. The van der Waals surface area contributed by atoms with Crippen LogP contribution in [0.4, 0.5) is 0 Å². The third-order valence-electron chi connectivity index (χ3n) is 3.54. The summed E-state index contributed by atoms with van der Waals surface area (Å²) in [6.07, 6.45) is 1.59. The number of hydrogen-bond donors (Lipinski definition) is 0. The van der Waals surface area contributed by atoms with Gasteiger partial charge in [-0.15, -0.1) is 0 Å². The average Bonchev–Trinajstić information content (AvgIpc) is 2.98. The molecule has 0 radical (unpaired) electrons. The summed E-state index contributed by atoms with van der Waals surface area (Å²) in [6.45, 7) is 3.55. The van der Waals surface area contributed by atoms with Crippen LogP contribution in [0.25, 0.3) is 6.08 Å². The molecule has 1 aliphatic rings. The number of carbonyl (C=O) groups excluding carboxylic acids is 2. The number of cyclic esters (lactones) is 1. The standard InChI is InChI=1S/C20H16BrNO5/c1-3-25-18-11-13(4-9-17(18)26-12(2)23)10-16-20(24)27-19(22-16)14-5-7-15(21)8-6-14/h4-11H,3H2,1-2H3/b16-10-. The van der Waals surface area contributed by atoms with E-state index in [0.717, 1.165) is 4.47 Å². The summed E-state index contributed by atoms with van der Waals surface area (Å²) in [5, 5.41) is 0. The van der Waals surface area contributed by atoms with Crippen molar-refractivity contribution in [3.8, 4) is 11.5 Å². The summed E-state index contributed by atoms with van der Waals surface area (Å²) >= 11 is 3.36. The van der Waals surface area contributed by atoms with Gasteiger partial charge in [-0.3, -0.25) is 4.79 Å². The number of esters is 2. The van der Waals surface area contributed by atoms with Crippen LogP contribution in [-0.2, 0) is 14.3 Å². The summed E-state index contributed by atoms with van der Waals surface area (Å²) in [4.78, 5) is 27.6. The molecule has 0 atom stereocenters. The molecule has 0 saturated carbocycles. The third-order valence-corrected chi connectivity index (χ3v) is 4.07. The molecule has 0 unspecified atom stereocenters. The number of benzene rings is 2. The van der Waals surface area contributed by atoms with Gasteiger partial charge in [0.25, 0.3) is 0 Å². The molecule has 3 rings (SSSR count). The highest BCUT2D eigenvalue weighted by molar-refractivity contribution is 9.10. The van der Waals surface area contributed by atoms with E-state index in [0.29, 0.717) is 29.2 Å². The fourth-order valence-corrected chi connectivity index (χ4v) is 2.67. The molecule has 2 aromatic carbocycles. The first-order chi connectivity index (χ1) is 13.0. The predicted octanol–water partition coefficient (Wildman–Crippen LogP) is 4.12. The van der Waals surface area contributed by atoms with Gasteiger partial charge in [0.1, 0.15) is 0 Å². The molecule has 0 amide bonds. The average molecular weight is 430 g/mol. The van der Waals surface area contributed by atoms with Crippen LogP contribution in [0.3, 0.4) is 0 Å². The molecular formula is C20H16BrNO5. The zero-order valence-corrected chi connectivity index (χ0v) is 16.3. The second-order valence-electron chi connectivity index (χ2n) is 5.58. The molecule has 1 heterocycles. The van der Waals surface area contributed by atoms with Crippen LogP contribution in [0.1, 0.15) is 25.0 Å². The van der Waals surface area contributed by atoms with Gasteiger partial charge >= 0.3 is 11.9 Å². The Morgan fingerprint density at radius 3 is 2.59 bits per heavy atom. The first-order valence-electron chi connectivity index (χ1n) is 8.20. The van der Waals surface area contributed by atoms with Crippen molar-refractivity contribution in [2.45, 2.75) is 13.8 Å². The molecule has 0 aromatic heterocycles. The molecule has 0 saturated heterocycles. The number of rotatable bonds is 5. The minimum atomic E-state index is -0.532. The number of ether oxygens (including phenoxy) is 3. The van der Waals surface area contributed by atoms with Crippen LogP contribution in [0.15, 0.2) is 57.6 Å². The number of nitrogens with zero attached hydrogens (tertiary/aromatic N) is 1. The lowest BCUT2D eigenvalue weighted by Crippen LogP contribution is -2.05. The van der Waals surface area contributed by atoms with E-state index in [1.807, 2.05) is 19.1 Å². The van der Waals surface area contributed by atoms with Crippen molar-refractivity contribution in [3.63, 3.8) is 0 Å². The highest BCUT2D eigenvalue weighted by Gasteiger charge is 2.24. The van der Waals surface area contributed by atoms with Gasteiger partial charge in [-0.25, -0.2) is 9.79 Å². The van der Waals surface area contributed by atoms with Crippen LogP contribution in [0.5, 0.6) is 11.5 Å². The van der Waals surface area contributed by atoms with E-state index in [-0.39, 0.29) is 11.6 Å². The van der Waals surface area contributed by atoms with E-state index < -0.39 is 11.9 Å². The molecule has 138 valence electrons. The molecule has 27 heavy (non-hydrogen) atoms. The molecule has 0 aliphatic carbocycles. The van der Waals surface area contributed by atoms with Crippen molar-refractivity contribution in [1.82, 2.24) is 0 Å². The second kappa shape index (κ2) is 8.18. The Balaban J connectivity index is 1.91. The SMILES string of the molecule is CCOc1cc(/C=C2\N=C(c3ccc(Br)cc3)OC2=O)ccc1OC(C)=O. The minimum absolute atomic E-state index is 0.176. The summed E-state index contributed by atoms with van der Waals surface area (Å²) in [5.41, 5.74) is 1.55. The lowest BCUT2D eigenvalue weighted by atomic mass is 10.1. The summed E-state index contributed by atoms with van der Waals surface area (Å²) in [5.74, 6) is 0.00509. The Morgan fingerprint density at radius 1 is 1.19 bits per heavy atom. The molecule has 0 N–H and O–H groups in total. The number of halogens is 1. The van der Waals surface area contributed by atoms with Crippen molar-refractivity contribution in [2.24, 2.45) is 4.99 Å². The summed E-state index contributed by atoms with van der Waals surface area (Å²) in [6, 6.07) is 12.3. The number of aliphatic imine (C=N–C) groups is 1. The van der Waals surface area contributed by atoms with Crippen molar-refractivity contribution in [1.29, 1.82) is 0 Å². The zero-order chi connectivity index (χ0) is 19.4. The van der Waals surface area contributed by atoms with Crippen LogP contribution in [0.2, 0.25) is 0 Å². The molecular weight excluding hydrogens is 414 g/mol. The molecule has 0 fully saturated rings. The topological polar surface area (TPSA) is 74.2 Å². The maximum absolute atomic E-state index is 12.1. The minimum Gasteiger partial charge on any atom is -0.490 e. The first-order valence-corrected chi connectivity index (χ1v) is 8.99. The highest BCUT2D eigenvalue weighted by Crippen LogP contribution is 2.30. The zero-order valence-electron chi connectivity index (χ0n) is 14.7. The largest absolute Gasteiger partial charge is 0.490 e. The smallest absolute Gasteiger partial charge is 0.363 e. The molecule has 1 aliphatic heterocycles. The van der Waals surface area contributed by atoms with Gasteiger partial charge in [0.05, 0.1) is 6.61 Å². The normalized spacial score (nSPS) is 14.7. The highest BCUT2D eigenvalue weighted by atomic mass is 79.9. The summed E-state index contributed by atoms with van der Waals surface area (Å²) < 4.78 is 16.8. The van der Waals surface area contributed by atoms with Gasteiger partial charge in [0.15, 0.2) is 17.2 Å². The van der Waals surface area contributed by atoms with Crippen LogP contribution >= 0.6 is 15.9 Å². The molecule has 6 nitrogen and oxygen atoms in total. The third kappa shape index (κ3) is 4.62. The van der Waals surface area contributed by atoms with E-state index in [4.69, 9.17) is 14.2 Å². The monoisotopic (exact) mass is 429 g/mol. The summed E-state index contributed by atoms with van der Waals surface area (Å²) in [7, 11) is 0. The molecule has 2 aromatic rings. The van der Waals surface area contributed by atoms with Crippen molar-refractivity contribution < 1.29 is 23.8 Å². The van der Waals surface area contributed by atoms with Crippen LogP contribution in [-0.4, -0.2) is 24.4 Å². The van der Waals surface area contributed by atoms with Gasteiger partial charge in [-0.1, -0.05) is 22.0 Å². The quantitative estimate of drug-likeness (QED) is 0.406. The van der Waals surface area contributed by atoms with Gasteiger partial charge < -0.3 is 14.2 Å². The van der Waals surface area contributed by atoms with Gasteiger partial charge in [0, 0.05) is 17.0 Å². The van der Waals surface area contributed by atoms with E-state index in [1.54, 1.807) is 36.4 Å². The van der Waals surface area contributed by atoms with E-state index in [2.05, 4.69) is 20.9 Å². The van der Waals surface area contributed by atoms with E-state index in [9.17, 15) is 9.59 Å². The van der Waals surface area contributed by atoms with Crippen molar-refractivity contribution in [3.05, 3.63) is 63.8 Å². The van der Waals surface area contributed by atoms with E-state index >= 15 is 0 Å². The lowest BCUT2D eigenvalue weighted by Gasteiger charge is -2.10. The maximum Gasteiger partial charge on any atom is 0.363 e. The fraction of sp³-hybridized carbons (Fsp3) is 0.150. The first kappa shape index (κ1) is 18.8. The Morgan fingerprint density at radius 2 is 1.93 bits per heavy atom. The van der Waals surface area contributed by atoms with Crippen molar-refractivity contribution >= 4 is 39.8 Å². The van der Waals surface area contributed by atoms with E-state index in [1.165, 1.54) is 6.92 Å². The molecule has 7 heteroatoms. The number of hydrogen-bond acceptors (Lipinski definition) is 6. The lowest BCUT2D eigenvalue weighted by molar-refractivity contribution is -0.132. The molecule has 0 bridgehead atoms. The Bertz CT molecular complexity index is 947. The molecule has 0 spiro atoms. The number of carbonyl (C=O) groups is 2. The van der Waals surface area contributed by atoms with Gasteiger partial charge in [-0.05, 0) is 55.0 Å². The van der Waals surface area contributed by atoms with Crippen LogP contribution < -0.4 is 9.47 Å². The maximum atomic E-state index is 12.1.